The Kier molecular flexibility index (Phi) is 4.26. The smallest absolute Gasteiger partial charge is 0.228 e. The van der Waals surface area contributed by atoms with Crippen LogP contribution in [0.15, 0.2) is 12.3 Å². The quantitative estimate of drug-likeness (QED) is 0.811. The maximum atomic E-state index is 5.18. The third-order valence-electron chi connectivity index (χ3n) is 4.65. The van der Waals surface area contributed by atoms with Gasteiger partial charge in [-0.05, 0) is 13.0 Å². The number of hydrogen-bond acceptors (Lipinski definition) is 6. The second-order valence-electron chi connectivity index (χ2n) is 6.19. The van der Waals surface area contributed by atoms with Crippen molar-refractivity contribution in [3.63, 3.8) is 0 Å². The van der Waals surface area contributed by atoms with Gasteiger partial charge in [-0.25, -0.2) is 4.98 Å². The van der Waals surface area contributed by atoms with Crippen LogP contribution in [0.3, 0.4) is 0 Å². The Hall–Kier alpha value is -1.40. The van der Waals surface area contributed by atoms with Gasteiger partial charge in [0.2, 0.25) is 11.8 Å². The minimum atomic E-state index is 0.633. The molecule has 1 aromatic heterocycles. The summed E-state index contributed by atoms with van der Waals surface area (Å²) in [7, 11) is 3.86. The molecule has 3 heterocycles. The SMILES string of the molecule is COc1ccnc(N2CCN([C@@H]3CN(C)C[C@H]3C)CC2)n1. The third-order valence-corrected chi connectivity index (χ3v) is 4.65. The Morgan fingerprint density at radius 1 is 1.19 bits per heavy atom. The van der Waals surface area contributed by atoms with E-state index < -0.39 is 0 Å². The van der Waals surface area contributed by atoms with Crippen LogP contribution in [0.1, 0.15) is 6.92 Å². The van der Waals surface area contributed by atoms with E-state index in [0.717, 1.165) is 38.0 Å². The molecular formula is C15H25N5O. The predicted molar refractivity (Wildman–Crippen MR) is 82.8 cm³/mol. The van der Waals surface area contributed by atoms with E-state index >= 15 is 0 Å². The highest BCUT2D eigenvalue weighted by molar-refractivity contribution is 5.32. The molecule has 2 atom stereocenters. The number of likely N-dealkylation sites (tertiary alicyclic amines) is 1. The molecule has 0 unspecified atom stereocenters. The Labute approximate surface area is 126 Å². The standard InChI is InChI=1S/C15H25N5O/c1-12-10-18(2)11-13(12)19-6-8-20(9-7-19)15-16-5-4-14(17-15)21-3/h4-5,12-13H,6-11H2,1-3H3/t12-,13-/m1/s1. The van der Waals surface area contributed by atoms with Crippen LogP contribution < -0.4 is 9.64 Å². The summed E-state index contributed by atoms with van der Waals surface area (Å²) in [6.07, 6.45) is 1.77. The summed E-state index contributed by atoms with van der Waals surface area (Å²) in [5, 5.41) is 0. The van der Waals surface area contributed by atoms with Gasteiger partial charge >= 0.3 is 0 Å². The highest BCUT2D eigenvalue weighted by atomic mass is 16.5. The van der Waals surface area contributed by atoms with E-state index in [9.17, 15) is 0 Å². The fourth-order valence-electron chi connectivity index (χ4n) is 3.51. The van der Waals surface area contributed by atoms with Crippen LogP contribution in [0.4, 0.5) is 5.95 Å². The lowest BCUT2D eigenvalue weighted by molar-refractivity contribution is 0.163. The van der Waals surface area contributed by atoms with Crippen LogP contribution in [0, 0.1) is 5.92 Å². The van der Waals surface area contributed by atoms with E-state index in [1.165, 1.54) is 13.1 Å². The van der Waals surface area contributed by atoms with Gasteiger partial charge in [-0.1, -0.05) is 6.92 Å². The van der Waals surface area contributed by atoms with E-state index in [0.29, 0.717) is 11.9 Å². The number of hydrogen-bond donors (Lipinski definition) is 0. The summed E-state index contributed by atoms with van der Waals surface area (Å²) in [6, 6.07) is 2.49. The molecule has 6 heteroatoms. The molecule has 1 aromatic rings. The molecule has 0 spiro atoms. The second-order valence-corrected chi connectivity index (χ2v) is 6.19. The van der Waals surface area contributed by atoms with Gasteiger partial charge in [-0.2, -0.15) is 4.98 Å². The lowest BCUT2D eigenvalue weighted by Gasteiger charge is -2.39. The van der Waals surface area contributed by atoms with Crippen molar-refractivity contribution in [3.8, 4) is 5.88 Å². The molecule has 21 heavy (non-hydrogen) atoms. The average molecular weight is 291 g/mol. The lowest BCUT2D eigenvalue weighted by Crippen LogP contribution is -2.52. The van der Waals surface area contributed by atoms with Gasteiger partial charge in [0.05, 0.1) is 7.11 Å². The highest BCUT2D eigenvalue weighted by Gasteiger charge is 2.33. The molecule has 2 aliphatic rings. The molecular weight excluding hydrogens is 266 g/mol. The van der Waals surface area contributed by atoms with E-state index in [1.807, 2.05) is 0 Å². The molecule has 0 aliphatic carbocycles. The first-order valence-corrected chi connectivity index (χ1v) is 7.72. The number of anilines is 1. The van der Waals surface area contributed by atoms with Crippen LogP contribution in [0.25, 0.3) is 0 Å². The van der Waals surface area contributed by atoms with Crippen molar-refractivity contribution < 1.29 is 4.74 Å². The van der Waals surface area contributed by atoms with E-state index in [2.05, 4.69) is 38.6 Å². The van der Waals surface area contributed by atoms with Gasteiger partial charge in [-0.3, -0.25) is 4.90 Å². The van der Waals surface area contributed by atoms with Crippen molar-refractivity contribution in [1.82, 2.24) is 19.8 Å². The number of rotatable bonds is 3. The minimum absolute atomic E-state index is 0.633. The van der Waals surface area contributed by atoms with Gasteiger partial charge in [0.1, 0.15) is 0 Å². The Bertz CT molecular complexity index is 475. The molecule has 3 rings (SSSR count). The van der Waals surface area contributed by atoms with Crippen LogP contribution >= 0.6 is 0 Å². The fraction of sp³-hybridized carbons (Fsp3) is 0.733. The molecule has 2 aliphatic heterocycles. The molecule has 2 saturated heterocycles. The van der Waals surface area contributed by atoms with Crippen molar-refractivity contribution in [2.75, 3.05) is 58.3 Å². The number of piperazine rings is 1. The molecule has 0 radical (unpaired) electrons. The van der Waals surface area contributed by atoms with E-state index in [-0.39, 0.29) is 0 Å². The summed E-state index contributed by atoms with van der Waals surface area (Å²) in [5.41, 5.74) is 0. The molecule has 6 nitrogen and oxygen atoms in total. The first kappa shape index (κ1) is 14.5. The van der Waals surface area contributed by atoms with Crippen molar-refractivity contribution in [3.05, 3.63) is 12.3 Å². The molecule has 2 fully saturated rings. The maximum absolute atomic E-state index is 5.18. The highest BCUT2D eigenvalue weighted by Crippen LogP contribution is 2.23. The summed E-state index contributed by atoms with van der Waals surface area (Å²) in [6.45, 7) is 8.92. The van der Waals surface area contributed by atoms with Gasteiger partial charge in [-0.15, -0.1) is 0 Å². The van der Waals surface area contributed by atoms with Gasteiger partial charge < -0.3 is 14.5 Å². The number of methoxy groups -OCH3 is 1. The maximum Gasteiger partial charge on any atom is 0.228 e. The summed E-state index contributed by atoms with van der Waals surface area (Å²) in [4.78, 5) is 16.1. The van der Waals surface area contributed by atoms with E-state index in [4.69, 9.17) is 4.74 Å². The molecule has 116 valence electrons. The molecule has 0 bridgehead atoms. The van der Waals surface area contributed by atoms with Crippen LogP contribution in [0.2, 0.25) is 0 Å². The first-order valence-electron chi connectivity index (χ1n) is 7.72. The zero-order valence-electron chi connectivity index (χ0n) is 13.2. The van der Waals surface area contributed by atoms with Crippen LogP contribution in [-0.4, -0.2) is 79.2 Å². The van der Waals surface area contributed by atoms with Crippen molar-refractivity contribution >= 4 is 5.95 Å². The van der Waals surface area contributed by atoms with Crippen LogP contribution in [0.5, 0.6) is 5.88 Å². The Morgan fingerprint density at radius 2 is 1.95 bits per heavy atom. The normalized spacial score (nSPS) is 28.0. The zero-order chi connectivity index (χ0) is 14.8. The first-order chi connectivity index (χ1) is 10.2. The van der Waals surface area contributed by atoms with Gasteiger partial charge in [0.25, 0.3) is 0 Å². The van der Waals surface area contributed by atoms with Crippen LogP contribution in [-0.2, 0) is 0 Å². The molecule has 0 saturated carbocycles. The summed E-state index contributed by atoms with van der Waals surface area (Å²) < 4.78 is 5.18. The molecule has 0 aromatic carbocycles. The van der Waals surface area contributed by atoms with Crippen molar-refractivity contribution in [2.24, 2.45) is 5.92 Å². The largest absolute Gasteiger partial charge is 0.481 e. The number of nitrogens with zero attached hydrogens (tertiary/aromatic N) is 5. The summed E-state index contributed by atoms with van der Waals surface area (Å²) in [5.74, 6) is 2.17. The monoisotopic (exact) mass is 291 g/mol. The number of ether oxygens (including phenoxy) is 1. The molecule has 0 amide bonds. The average Bonchev–Trinajstić information content (AvgIpc) is 2.86. The number of likely N-dealkylation sites (N-methyl/N-ethyl adjacent to an activating group) is 1. The molecule has 0 N–H and O–H groups in total. The van der Waals surface area contributed by atoms with E-state index in [1.54, 1.807) is 19.4 Å². The number of aromatic nitrogens is 2. The topological polar surface area (TPSA) is 44.7 Å². The predicted octanol–water partition coefficient (Wildman–Crippen LogP) is 0.557. The third kappa shape index (κ3) is 3.11. The van der Waals surface area contributed by atoms with Crippen molar-refractivity contribution in [2.45, 2.75) is 13.0 Å². The lowest BCUT2D eigenvalue weighted by atomic mass is 10.0. The minimum Gasteiger partial charge on any atom is -0.481 e. The fourth-order valence-corrected chi connectivity index (χ4v) is 3.51. The Morgan fingerprint density at radius 3 is 2.57 bits per heavy atom. The Balaban J connectivity index is 1.60. The van der Waals surface area contributed by atoms with Gasteiger partial charge in [0.15, 0.2) is 0 Å². The van der Waals surface area contributed by atoms with Gasteiger partial charge in [0, 0.05) is 57.6 Å². The zero-order valence-corrected chi connectivity index (χ0v) is 13.2. The second kappa shape index (κ2) is 6.15. The van der Waals surface area contributed by atoms with Crippen molar-refractivity contribution in [1.29, 1.82) is 0 Å². The summed E-state index contributed by atoms with van der Waals surface area (Å²) >= 11 is 0.